The van der Waals surface area contributed by atoms with Crippen molar-refractivity contribution in [1.82, 2.24) is 10.2 Å². The number of rotatable bonds is 7. The molecule has 0 aliphatic carbocycles. The van der Waals surface area contributed by atoms with Crippen molar-refractivity contribution in [2.24, 2.45) is 5.92 Å². The van der Waals surface area contributed by atoms with E-state index in [1.165, 1.54) is 25.9 Å². The molecule has 0 amide bonds. The Morgan fingerprint density at radius 3 is 2.62 bits per heavy atom. The van der Waals surface area contributed by atoms with E-state index in [-0.39, 0.29) is 12.6 Å². The molecule has 1 aliphatic rings. The minimum absolute atomic E-state index is 0.233. The molecule has 1 fully saturated rings. The summed E-state index contributed by atoms with van der Waals surface area (Å²) in [4.78, 5) is 2.49. The quantitative estimate of drug-likeness (QED) is 0.661. The van der Waals surface area contributed by atoms with Gasteiger partial charge in [0.2, 0.25) is 0 Å². The lowest BCUT2D eigenvalue weighted by atomic mass is 9.97. The van der Waals surface area contributed by atoms with Gasteiger partial charge in [0, 0.05) is 19.8 Å². The number of nitrogens with zero attached hydrogens (tertiary/aromatic N) is 1. The second kappa shape index (κ2) is 8.01. The normalized spacial score (nSPS) is 21.2. The summed E-state index contributed by atoms with van der Waals surface area (Å²) >= 11 is 0. The van der Waals surface area contributed by atoms with Crippen LogP contribution in [0.4, 0.5) is 0 Å². The minimum Gasteiger partial charge on any atom is -0.395 e. The van der Waals surface area contributed by atoms with Gasteiger partial charge >= 0.3 is 0 Å². The van der Waals surface area contributed by atoms with Crippen molar-refractivity contribution in [3.05, 3.63) is 0 Å². The molecule has 16 heavy (non-hydrogen) atoms. The van der Waals surface area contributed by atoms with Crippen molar-refractivity contribution in [3.63, 3.8) is 0 Å². The summed E-state index contributed by atoms with van der Waals surface area (Å²) in [6.07, 6.45) is 3.52. The number of aliphatic hydroxyl groups is 1. The molecule has 96 valence electrons. The van der Waals surface area contributed by atoms with Crippen LogP contribution in [-0.2, 0) is 4.74 Å². The van der Waals surface area contributed by atoms with Gasteiger partial charge in [0.15, 0.2) is 0 Å². The molecule has 1 aliphatic heterocycles. The van der Waals surface area contributed by atoms with Crippen LogP contribution < -0.4 is 5.32 Å². The largest absolute Gasteiger partial charge is 0.395 e. The fraction of sp³-hybridized carbons (Fsp3) is 1.00. The Morgan fingerprint density at radius 1 is 1.44 bits per heavy atom. The van der Waals surface area contributed by atoms with Gasteiger partial charge in [-0.3, -0.25) is 0 Å². The summed E-state index contributed by atoms with van der Waals surface area (Å²) in [6, 6.07) is 0.247. The number of likely N-dealkylation sites (N-methyl/N-ethyl adjacent to an activating group) is 1. The zero-order valence-electron chi connectivity index (χ0n) is 10.6. The summed E-state index contributed by atoms with van der Waals surface area (Å²) in [5.74, 6) is 0.749. The van der Waals surface area contributed by atoms with Gasteiger partial charge in [-0.1, -0.05) is 0 Å². The van der Waals surface area contributed by atoms with Crippen LogP contribution in [0.5, 0.6) is 0 Å². The first-order valence-corrected chi connectivity index (χ1v) is 6.29. The predicted octanol–water partition coefficient (Wildman–Crippen LogP) is 0.315. The number of hydrogen-bond acceptors (Lipinski definition) is 4. The first kappa shape index (κ1) is 13.9. The van der Waals surface area contributed by atoms with E-state index in [4.69, 9.17) is 9.84 Å². The Bertz CT molecular complexity index is 166. The third-order valence-electron chi connectivity index (χ3n) is 3.53. The van der Waals surface area contributed by atoms with Crippen molar-refractivity contribution >= 4 is 0 Å². The van der Waals surface area contributed by atoms with E-state index in [0.29, 0.717) is 0 Å². The van der Waals surface area contributed by atoms with Gasteiger partial charge in [-0.15, -0.1) is 0 Å². The van der Waals surface area contributed by atoms with Crippen LogP contribution >= 0.6 is 0 Å². The molecule has 1 saturated heterocycles. The average molecular weight is 230 g/mol. The number of hydrogen-bond donors (Lipinski definition) is 2. The lowest BCUT2D eigenvalue weighted by Gasteiger charge is -2.32. The lowest BCUT2D eigenvalue weighted by molar-refractivity contribution is 0.0963. The Labute approximate surface area is 99.0 Å². The zero-order valence-corrected chi connectivity index (χ0v) is 10.6. The topological polar surface area (TPSA) is 44.7 Å². The van der Waals surface area contributed by atoms with E-state index >= 15 is 0 Å². The number of ether oxygens (including phenoxy) is 1. The summed E-state index contributed by atoms with van der Waals surface area (Å²) < 4.78 is 5.19. The van der Waals surface area contributed by atoms with E-state index in [9.17, 15) is 0 Å². The molecule has 0 aromatic rings. The van der Waals surface area contributed by atoms with Crippen molar-refractivity contribution < 1.29 is 9.84 Å². The van der Waals surface area contributed by atoms with Gasteiger partial charge in [-0.2, -0.15) is 0 Å². The summed E-state index contributed by atoms with van der Waals surface area (Å²) in [5, 5.41) is 12.2. The highest BCUT2D eigenvalue weighted by Crippen LogP contribution is 2.17. The zero-order chi connectivity index (χ0) is 11.8. The third kappa shape index (κ3) is 4.78. The predicted molar refractivity (Wildman–Crippen MR) is 65.6 cm³/mol. The average Bonchev–Trinajstić information content (AvgIpc) is 2.33. The molecule has 4 nitrogen and oxygen atoms in total. The molecule has 0 radical (unpaired) electrons. The molecule has 1 heterocycles. The number of likely N-dealkylation sites (tertiary alicyclic amines) is 1. The van der Waals surface area contributed by atoms with Crippen molar-refractivity contribution in [1.29, 1.82) is 0 Å². The highest BCUT2D eigenvalue weighted by Gasteiger charge is 2.19. The molecule has 1 unspecified atom stereocenters. The van der Waals surface area contributed by atoms with Gasteiger partial charge in [0.25, 0.3) is 0 Å². The second-order valence-electron chi connectivity index (χ2n) is 4.70. The molecule has 0 saturated carbocycles. The van der Waals surface area contributed by atoms with Crippen LogP contribution in [0.3, 0.4) is 0 Å². The van der Waals surface area contributed by atoms with Gasteiger partial charge in [-0.05, 0) is 51.9 Å². The highest BCUT2D eigenvalue weighted by atomic mass is 16.5. The Kier molecular flexibility index (Phi) is 6.96. The summed E-state index contributed by atoms with van der Waals surface area (Å²) in [7, 11) is 3.69. The van der Waals surface area contributed by atoms with Crippen LogP contribution in [0, 0.1) is 5.92 Å². The van der Waals surface area contributed by atoms with Gasteiger partial charge in [0.1, 0.15) is 0 Å². The van der Waals surface area contributed by atoms with Crippen LogP contribution in [-0.4, -0.2) is 63.1 Å². The molecule has 0 aromatic heterocycles. The first-order chi connectivity index (χ1) is 7.80. The van der Waals surface area contributed by atoms with E-state index in [2.05, 4.69) is 10.2 Å². The van der Waals surface area contributed by atoms with E-state index in [1.807, 2.05) is 7.05 Å². The maximum atomic E-state index is 9.07. The molecule has 0 spiro atoms. The van der Waals surface area contributed by atoms with E-state index < -0.39 is 0 Å². The molecule has 2 N–H and O–H groups in total. The van der Waals surface area contributed by atoms with Crippen molar-refractivity contribution in [2.45, 2.75) is 25.3 Å². The SMILES string of the molecule is CNC(CO)CCN1CCC(COC)CC1. The molecule has 1 rings (SSSR count). The van der Waals surface area contributed by atoms with Crippen molar-refractivity contribution in [3.8, 4) is 0 Å². The Hall–Kier alpha value is -0.160. The van der Waals surface area contributed by atoms with Crippen molar-refractivity contribution in [2.75, 3.05) is 47.0 Å². The lowest BCUT2D eigenvalue weighted by Crippen LogP contribution is -2.39. The smallest absolute Gasteiger partial charge is 0.0585 e. The highest BCUT2D eigenvalue weighted by molar-refractivity contribution is 4.74. The van der Waals surface area contributed by atoms with Crippen LogP contribution in [0.1, 0.15) is 19.3 Å². The summed E-state index contributed by atoms with van der Waals surface area (Å²) in [5.41, 5.74) is 0. The number of aliphatic hydroxyl groups excluding tert-OH is 1. The van der Waals surface area contributed by atoms with E-state index in [1.54, 1.807) is 7.11 Å². The minimum atomic E-state index is 0.233. The van der Waals surface area contributed by atoms with E-state index in [0.717, 1.165) is 25.5 Å². The molecule has 1 atom stereocenters. The molecule has 4 heteroatoms. The molecular formula is C12H26N2O2. The standard InChI is InChI=1S/C12H26N2O2/c1-13-12(9-15)5-8-14-6-3-11(4-7-14)10-16-2/h11-13,15H,3-10H2,1-2H3. The first-order valence-electron chi connectivity index (χ1n) is 6.29. The number of piperidine rings is 1. The summed E-state index contributed by atoms with van der Waals surface area (Å²) in [6.45, 7) is 4.58. The van der Waals surface area contributed by atoms with Gasteiger partial charge < -0.3 is 20.1 Å². The fourth-order valence-electron chi connectivity index (χ4n) is 2.28. The fourth-order valence-corrected chi connectivity index (χ4v) is 2.28. The molecule has 0 bridgehead atoms. The number of methoxy groups -OCH3 is 1. The number of nitrogens with one attached hydrogen (secondary N) is 1. The maximum Gasteiger partial charge on any atom is 0.0585 e. The Morgan fingerprint density at radius 2 is 2.12 bits per heavy atom. The molecular weight excluding hydrogens is 204 g/mol. The van der Waals surface area contributed by atoms with Gasteiger partial charge in [-0.25, -0.2) is 0 Å². The monoisotopic (exact) mass is 230 g/mol. The Balaban J connectivity index is 2.12. The molecule has 0 aromatic carbocycles. The van der Waals surface area contributed by atoms with Crippen LogP contribution in [0.15, 0.2) is 0 Å². The second-order valence-corrected chi connectivity index (χ2v) is 4.70. The van der Waals surface area contributed by atoms with Crippen LogP contribution in [0.25, 0.3) is 0 Å². The van der Waals surface area contributed by atoms with Crippen LogP contribution in [0.2, 0.25) is 0 Å². The third-order valence-corrected chi connectivity index (χ3v) is 3.53. The van der Waals surface area contributed by atoms with Gasteiger partial charge in [0.05, 0.1) is 6.61 Å². The maximum absolute atomic E-state index is 9.07.